The standard InChI is InChI=1S/C28H41N7O4/c1-19(36)34(2)25(17-21-11-13-23(37)14-12-21)26(38)33-24(10-7-15-32-28(30)31)27(39)35(3)22(18-29)16-20-8-5-4-6-9-20/h4-6,8-9,11-14,22,24-25,37H,7,10,15-18,29H2,1-3H3,(H,33,38)(H4,30,31,32). The summed E-state index contributed by atoms with van der Waals surface area (Å²) >= 11 is 0. The Morgan fingerprint density at radius 1 is 0.974 bits per heavy atom. The Labute approximate surface area is 230 Å². The Hall–Kier alpha value is -4.12. The minimum Gasteiger partial charge on any atom is -0.508 e. The highest BCUT2D eigenvalue weighted by Gasteiger charge is 2.32. The van der Waals surface area contributed by atoms with Crippen LogP contribution >= 0.6 is 0 Å². The predicted molar refractivity (Wildman–Crippen MR) is 151 cm³/mol. The van der Waals surface area contributed by atoms with E-state index in [4.69, 9.17) is 16.9 Å². The molecule has 8 N–H and O–H groups in total. The van der Waals surface area contributed by atoms with Gasteiger partial charge >= 0.3 is 0 Å². The lowest BCUT2D eigenvalue weighted by Crippen LogP contribution is -2.56. The Balaban J connectivity index is 2.25. The first-order valence-electron chi connectivity index (χ1n) is 12.9. The highest BCUT2D eigenvalue weighted by Crippen LogP contribution is 2.15. The van der Waals surface area contributed by atoms with E-state index in [0.29, 0.717) is 19.4 Å². The maximum Gasteiger partial charge on any atom is 0.245 e. The molecule has 0 bridgehead atoms. The molecule has 0 aliphatic rings. The number of hydrogen-bond acceptors (Lipinski definition) is 6. The zero-order chi connectivity index (χ0) is 28.9. The van der Waals surface area contributed by atoms with Gasteiger partial charge in [-0.2, -0.15) is 0 Å². The Kier molecular flexibility index (Phi) is 12.2. The van der Waals surface area contributed by atoms with Crippen LogP contribution in [0.15, 0.2) is 54.6 Å². The van der Waals surface area contributed by atoms with E-state index in [0.717, 1.165) is 11.1 Å². The first-order chi connectivity index (χ1) is 18.5. The lowest BCUT2D eigenvalue weighted by atomic mass is 10.0. The second-order valence-electron chi connectivity index (χ2n) is 9.59. The molecule has 0 radical (unpaired) electrons. The zero-order valence-corrected chi connectivity index (χ0v) is 22.9. The van der Waals surface area contributed by atoms with Crippen LogP contribution in [0.2, 0.25) is 0 Å². The summed E-state index contributed by atoms with van der Waals surface area (Å²) < 4.78 is 0. The second-order valence-corrected chi connectivity index (χ2v) is 9.59. The minimum absolute atomic E-state index is 0.0949. The van der Waals surface area contributed by atoms with Crippen molar-refractivity contribution in [2.75, 3.05) is 27.2 Å². The van der Waals surface area contributed by atoms with Crippen molar-refractivity contribution in [3.8, 4) is 5.75 Å². The van der Waals surface area contributed by atoms with Gasteiger partial charge in [-0.3, -0.25) is 19.8 Å². The topological polar surface area (TPSA) is 178 Å². The molecule has 3 atom stereocenters. The van der Waals surface area contributed by atoms with Gasteiger partial charge in [-0.25, -0.2) is 0 Å². The Morgan fingerprint density at radius 2 is 1.59 bits per heavy atom. The van der Waals surface area contributed by atoms with Crippen molar-refractivity contribution in [3.05, 3.63) is 65.7 Å². The molecule has 0 fully saturated rings. The molecular formula is C28H41N7O4. The molecule has 11 nitrogen and oxygen atoms in total. The largest absolute Gasteiger partial charge is 0.508 e. The Bertz CT molecular complexity index is 1090. The van der Waals surface area contributed by atoms with E-state index in [2.05, 4.69) is 10.6 Å². The first kappa shape index (κ1) is 31.1. The number of carbonyl (C=O) groups is 3. The van der Waals surface area contributed by atoms with Gasteiger partial charge in [0.05, 0.1) is 0 Å². The van der Waals surface area contributed by atoms with Gasteiger partial charge in [-0.15, -0.1) is 0 Å². The van der Waals surface area contributed by atoms with Crippen molar-refractivity contribution in [2.45, 2.75) is 50.7 Å². The normalized spacial score (nSPS) is 13.0. The highest BCUT2D eigenvalue weighted by molar-refractivity contribution is 5.92. The highest BCUT2D eigenvalue weighted by atomic mass is 16.3. The number of hydrogen-bond donors (Lipinski definition) is 6. The van der Waals surface area contributed by atoms with Gasteiger partial charge in [0.1, 0.15) is 17.8 Å². The number of benzene rings is 2. The van der Waals surface area contributed by atoms with Crippen molar-refractivity contribution in [1.29, 1.82) is 5.41 Å². The molecule has 0 aliphatic heterocycles. The summed E-state index contributed by atoms with van der Waals surface area (Å²) in [6.07, 6.45) is 1.50. The smallest absolute Gasteiger partial charge is 0.245 e. The molecule has 2 rings (SSSR count). The molecule has 0 heterocycles. The molecule has 2 aromatic rings. The van der Waals surface area contributed by atoms with Gasteiger partial charge in [0, 0.05) is 46.6 Å². The Morgan fingerprint density at radius 3 is 2.15 bits per heavy atom. The average Bonchev–Trinajstić information content (AvgIpc) is 2.92. The summed E-state index contributed by atoms with van der Waals surface area (Å²) in [6, 6.07) is 14.1. The summed E-state index contributed by atoms with van der Waals surface area (Å²) in [6.45, 7) is 1.96. The van der Waals surface area contributed by atoms with E-state index in [1.165, 1.54) is 31.0 Å². The van der Waals surface area contributed by atoms with Crippen molar-refractivity contribution >= 4 is 23.7 Å². The molecule has 3 amide bonds. The lowest BCUT2D eigenvalue weighted by Gasteiger charge is -2.33. The van der Waals surface area contributed by atoms with Crippen LogP contribution in [0.3, 0.4) is 0 Å². The molecular weight excluding hydrogens is 498 g/mol. The third-order valence-electron chi connectivity index (χ3n) is 6.71. The van der Waals surface area contributed by atoms with Crippen molar-refractivity contribution in [2.24, 2.45) is 11.5 Å². The molecule has 39 heavy (non-hydrogen) atoms. The monoisotopic (exact) mass is 539 g/mol. The number of guanidine groups is 1. The van der Waals surface area contributed by atoms with Crippen molar-refractivity contribution < 1.29 is 19.5 Å². The van der Waals surface area contributed by atoms with Gasteiger partial charge in [-0.05, 0) is 42.5 Å². The summed E-state index contributed by atoms with van der Waals surface area (Å²) in [5.41, 5.74) is 13.2. The maximum atomic E-state index is 13.7. The van der Waals surface area contributed by atoms with Crippen LogP contribution in [0.25, 0.3) is 0 Å². The van der Waals surface area contributed by atoms with Crippen LogP contribution in [0.5, 0.6) is 5.75 Å². The molecule has 0 spiro atoms. The van der Waals surface area contributed by atoms with Crippen LogP contribution in [0.4, 0.5) is 0 Å². The fourth-order valence-electron chi connectivity index (χ4n) is 4.23. The number of carbonyl (C=O) groups excluding carboxylic acids is 3. The fraction of sp³-hybridized carbons (Fsp3) is 0.429. The molecule has 0 saturated heterocycles. The number of rotatable bonds is 14. The van der Waals surface area contributed by atoms with Gasteiger partial charge < -0.3 is 37.0 Å². The molecule has 3 unspecified atom stereocenters. The molecule has 212 valence electrons. The van der Waals surface area contributed by atoms with Crippen molar-refractivity contribution in [1.82, 2.24) is 20.4 Å². The summed E-state index contributed by atoms with van der Waals surface area (Å²) in [5, 5.41) is 22.5. The SMILES string of the molecule is CC(=O)N(C)C(Cc1ccc(O)cc1)C(=O)NC(CCCNC(=N)N)C(=O)N(C)C(CN)Cc1ccccc1. The molecule has 2 aromatic carbocycles. The quantitative estimate of drug-likeness (QED) is 0.115. The van der Waals surface area contributed by atoms with Gasteiger partial charge in [0.25, 0.3) is 0 Å². The number of likely N-dealkylation sites (N-methyl/N-ethyl adjacent to an activating group) is 2. The third-order valence-corrected chi connectivity index (χ3v) is 6.71. The average molecular weight is 540 g/mol. The number of nitrogens with two attached hydrogens (primary N) is 2. The van der Waals surface area contributed by atoms with Crippen LogP contribution in [-0.2, 0) is 27.2 Å². The van der Waals surface area contributed by atoms with Crippen molar-refractivity contribution in [3.63, 3.8) is 0 Å². The van der Waals surface area contributed by atoms with Crippen LogP contribution < -0.4 is 22.1 Å². The molecule has 0 aliphatic carbocycles. The van der Waals surface area contributed by atoms with Crippen LogP contribution in [0, 0.1) is 5.41 Å². The van der Waals surface area contributed by atoms with E-state index in [9.17, 15) is 19.5 Å². The van der Waals surface area contributed by atoms with E-state index in [1.807, 2.05) is 30.3 Å². The van der Waals surface area contributed by atoms with Crippen LogP contribution in [0.1, 0.15) is 30.9 Å². The van der Waals surface area contributed by atoms with Crippen LogP contribution in [-0.4, -0.2) is 83.9 Å². The third kappa shape index (κ3) is 9.93. The maximum absolute atomic E-state index is 13.7. The van der Waals surface area contributed by atoms with E-state index < -0.39 is 18.0 Å². The lowest BCUT2D eigenvalue weighted by molar-refractivity contribution is -0.141. The summed E-state index contributed by atoms with van der Waals surface area (Å²) in [7, 11) is 3.21. The zero-order valence-electron chi connectivity index (χ0n) is 22.9. The minimum atomic E-state index is -0.885. The first-order valence-corrected chi connectivity index (χ1v) is 12.9. The van der Waals surface area contributed by atoms with E-state index in [1.54, 1.807) is 24.1 Å². The molecule has 0 aromatic heterocycles. The predicted octanol–water partition coefficient (Wildman–Crippen LogP) is 0.558. The van der Waals surface area contributed by atoms with E-state index >= 15 is 0 Å². The number of phenols is 1. The number of nitrogens with zero attached hydrogens (tertiary/aromatic N) is 2. The van der Waals surface area contributed by atoms with Gasteiger partial charge in [0.2, 0.25) is 17.7 Å². The molecule has 0 saturated carbocycles. The number of amides is 3. The number of aromatic hydroxyl groups is 1. The molecule has 11 heteroatoms. The number of phenolic OH excluding ortho intramolecular Hbond substituents is 1. The van der Waals surface area contributed by atoms with Gasteiger partial charge in [0.15, 0.2) is 5.96 Å². The van der Waals surface area contributed by atoms with Gasteiger partial charge in [-0.1, -0.05) is 42.5 Å². The second kappa shape index (κ2) is 15.3. The summed E-state index contributed by atoms with van der Waals surface area (Å²) in [4.78, 5) is 42.3. The fourth-order valence-corrected chi connectivity index (χ4v) is 4.23. The van der Waals surface area contributed by atoms with E-state index in [-0.39, 0.29) is 49.0 Å². The summed E-state index contributed by atoms with van der Waals surface area (Å²) in [5.74, 6) is -1.16. The number of nitrogens with one attached hydrogen (secondary N) is 3.